The second-order valence-corrected chi connectivity index (χ2v) is 6.69. The molecule has 1 nitrogen and oxygen atoms in total. The molecule has 0 spiro atoms. The third kappa shape index (κ3) is 3.05. The maximum atomic E-state index is 6.03. The molecular weight excluding hydrogens is 206 g/mol. The van der Waals surface area contributed by atoms with E-state index in [2.05, 4.69) is 13.8 Å². The lowest BCUT2D eigenvalue weighted by atomic mass is 9.62. The minimum atomic E-state index is 0.836. The molecular formula is C16H31N. The third-order valence-corrected chi connectivity index (χ3v) is 5.66. The minimum absolute atomic E-state index is 0.836. The zero-order valence-electron chi connectivity index (χ0n) is 11.8. The summed E-state index contributed by atoms with van der Waals surface area (Å²) >= 11 is 0. The largest absolute Gasteiger partial charge is 0.330 e. The number of hydrogen-bond donors (Lipinski definition) is 1. The molecule has 2 fully saturated rings. The molecule has 2 aliphatic rings. The van der Waals surface area contributed by atoms with Gasteiger partial charge in [0.2, 0.25) is 0 Å². The van der Waals surface area contributed by atoms with Crippen LogP contribution in [0.25, 0.3) is 0 Å². The van der Waals surface area contributed by atoms with Crippen LogP contribution >= 0.6 is 0 Å². The fourth-order valence-corrected chi connectivity index (χ4v) is 4.61. The second-order valence-electron chi connectivity index (χ2n) is 6.69. The van der Waals surface area contributed by atoms with Crippen molar-refractivity contribution in [3.05, 3.63) is 0 Å². The van der Waals surface area contributed by atoms with Crippen molar-refractivity contribution in [1.29, 1.82) is 0 Å². The van der Waals surface area contributed by atoms with Crippen LogP contribution in [0, 0.1) is 29.6 Å². The molecule has 5 unspecified atom stereocenters. The first-order chi connectivity index (χ1) is 8.26. The van der Waals surface area contributed by atoms with Gasteiger partial charge < -0.3 is 5.73 Å². The standard InChI is InChI=1S/C16H31N/c1-3-13-6-4-5-7-15(13)16-10-12(2)8-9-14(16)11-17/h12-16H,3-11,17H2,1-2H3. The molecule has 2 N–H and O–H groups in total. The quantitative estimate of drug-likeness (QED) is 0.781. The van der Waals surface area contributed by atoms with E-state index in [1.807, 2.05) is 0 Å². The smallest absolute Gasteiger partial charge is 0.00461 e. The Bertz CT molecular complexity index is 226. The van der Waals surface area contributed by atoms with Crippen LogP contribution in [0.1, 0.15) is 65.2 Å². The second kappa shape index (κ2) is 6.22. The molecule has 0 saturated heterocycles. The maximum Gasteiger partial charge on any atom is -0.00461 e. The molecule has 0 heterocycles. The van der Waals surface area contributed by atoms with Crippen LogP contribution in [0.4, 0.5) is 0 Å². The maximum absolute atomic E-state index is 6.03. The summed E-state index contributed by atoms with van der Waals surface area (Å²) in [5.74, 6) is 4.75. The first-order valence-electron chi connectivity index (χ1n) is 7.96. The van der Waals surface area contributed by atoms with Gasteiger partial charge in [0, 0.05) is 0 Å². The third-order valence-electron chi connectivity index (χ3n) is 5.66. The summed E-state index contributed by atoms with van der Waals surface area (Å²) in [6.07, 6.45) is 11.6. The van der Waals surface area contributed by atoms with E-state index < -0.39 is 0 Å². The molecule has 2 saturated carbocycles. The Morgan fingerprint density at radius 1 is 0.941 bits per heavy atom. The van der Waals surface area contributed by atoms with Crippen LogP contribution in [0.15, 0.2) is 0 Å². The van der Waals surface area contributed by atoms with E-state index in [0.717, 1.165) is 36.1 Å². The van der Waals surface area contributed by atoms with Gasteiger partial charge in [-0.2, -0.15) is 0 Å². The van der Waals surface area contributed by atoms with Gasteiger partial charge >= 0.3 is 0 Å². The molecule has 0 aromatic carbocycles. The summed E-state index contributed by atoms with van der Waals surface area (Å²) in [6.45, 7) is 5.78. The monoisotopic (exact) mass is 237 g/mol. The van der Waals surface area contributed by atoms with Gasteiger partial charge in [0.15, 0.2) is 0 Å². The van der Waals surface area contributed by atoms with Crippen molar-refractivity contribution in [2.24, 2.45) is 35.3 Å². The molecule has 2 rings (SSSR count). The predicted molar refractivity (Wildman–Crippen MR) is 74.8 cm³/mol. The van der Waals surface area contributed by atoms with Crippen molar-refractivity contribution < 1.29 is 0 Å². The minimum Gasteiger partial charge on any atom is -0.330 e. The fourth-order valence-electron chi connectivity index (χ4n) is 4.61. The molecule has 17 heavy (non-hydrogen) atoms. The van der Waals surface area contributed by atoms with Gasteiger partial charge in [0.05, 0.1) is 0 Å². The predicted octanol–water partition coefficient (Wildman–Crippen LogP) is 4.21. The number of nitrogens with two attached hydrogens (primary N) is 1. The molecule has 2 aliphatic carbocycles. The highest BCUT2D eigenvalue weighted by atomic mass is 14.6. The van der Waals surface area contributed by atoms with Crippen LogP contribution in [0.2, 0.25) is 0 Å². The van der Waals surface area contributed by atoms with E-state index in [0.29, 0.717) is 0 Å². The van der Waals surface area contributed by atoms with Crippen LogP contribution < -0.4 is 5.73 Å². The van der Waals surface area contributed by atoms with Gasteiger partial charge in [0.25, 0.3) is 0 Å². The summed E-state index contributed by atoms with van der Waals surface area (Å²) in [4.78, 5) is 0. The van der Waals surface area contributed by atoms with Crippen molar-refractivity contribution in [1.82, 2.24) is 0 Å². The summed E-state index contributed by atoms with van der Waals surface area (Å²) in [5.41, 5.74) is 6.03. The highest BCUT2D eigenvalue weighted by molar-refractivity contribution is 4.88. The molecule has 1 heteroatoms. The molecule has 0 aromatic rings. The highest BCUT2D eigenvalue weighted by Crippen LogP contribution is 2.46. The molecule has 5 atom stereocenters. The Labute approximate surface area is 108 Å². The Morgan fingerprint density at radius 3 is 2.41 bits per heavy atom. The van der Waals surface area contributed by atoms with Gasteiger partial charge in [-0.25, -0.2) is 0 Å². The van der Waals surface area contributed by atoms with Gasteiger partial charge in [-0.3, -0.25) is 0 Å². The lowest BCUT2D eigenvalue weighted by Crippen LogP contribution is -2.38. The van der Waals surface area contributed by atoms with Gasteiger partial charge in [-0.1, -0.05) is 46.0 Å². The summed E-state index contributed by atoms with van der Waals surface area (Å²) in [5, 5.41) is 0. The van der Waals surface area contributed by atoms with E-state index >= 15 is 0 Å². The normalized spacial score (nSPS) is 43.6. The van der Waals surface area contributed by atoms with Crippen molar-refractivity contribution in [3.8, 4) is 0 Å². The van der Waals surface area contributed by atoms with Gasteiger partial charge in [-0.05, 0) is 55.4 Å². The Morgan fingerprint density at radius 2 is 1.71 bits per heavy atom. The molecule has 0 aliphatic heterocycles. The molecule has 0 amide bonds. The van der Waals surface area contributed by atoms with E-state index in [-0.39, 0.29) is 0 Å². The average molecular weight is 237 g/mol. The molecule has 0 aromatic heterocycles. The molecule has 100 valence electrons. The van der Waals surface area contributed by atoms with Crippen LogP contribution in [0.5, 0.6) is 0 Å². The SMILES string of the molecule is CCC1CCCCC1C1CC(C)CCC1CN. The van der Waals surface area contributed by atoms with E-state index in [1.54, 1.807) is 0 Å². The zero-order valence-corrected chi connectivity index (χ0v) is 11.8. The number of rotatable bonds is 3. The first-order valence-corrected chi connectivity index (χ1v) is 7.96. The summed E-state index contributed by atoms with van der Waals surface area (Å²) in [6, 6.07) is 0. The Balaban J connectivity index is 2.05. The highest BCUT2D eigenvalue weighted by Gasteiger charge is 2.37. The van der Waals surface area contributed by atoms with E-state index in [4.69, 9.17) is 5.73 Å². The van der Waals surface area contributed by atoms with Crippen molar-refractivity contribution in [2.45, 2.75) is 65.2 Å². The molecule has 0 bridgehead atoms. The Kier molecular flexibility index (Phi) is 4.90. The van der Waals surface area contributed by atoms with Gasteiger partial charge in [0.1, 0.15) is 0 Å². The van der Waals surface area contributed by atoms with Gasteiger partial charge in [-0.15, -0.1) is 0 Å². The summed E-state index contributed by atoms with van der Waals surface area (Å²) < 4.78 is 0. The fraction of sp³-hybridized carbons (Fsp3) is 1.00. The van der Waals surface area contributed by atoms with E-state index in [9.17, 15) is 0 Å². The van der Waals surface area contributed by atoms with Crippen molar-refractivity contribution in [3.63, 3.8) is 0 Å². The van der Waals surface area contributed by atoms with Crippen molar-refractivity contribution >= 4 is 0 Å². The van der Waals surface area contributed by atoms with Crippen LogP contribution in [-0.4, -0.2) is 6.54 Å². The first kappa shape index (κ1) is 13.4. The average Bonchev–Trinajstić information content (AvgIpc) is 2.38. The van der Waals surface area contributed by atoms with Crippen molar-refractivity contribution in [2.75, 3.05) is 6.54 Å². The zero-order chi connectivity index (χ0) is 12.3. The lowest BCUT2D eigenvalue weighted by molar-refractivity contribution is 0.0641. The topological polar surface area (TPSA) is 26.0 Å². The Hall–Kier alpha value is -0.0400. The summed E-state index contributed by atoms with van der Waals surface area (Å²) in [7, 11) is 0. The van der Waals surface area contributed by atoms with Crippen LogP contribution in [0.3, 0.4) is 0 Å². The lowest BCUT2D eigenvalue weighted by Gasteiger charge is -2.44. The van der Waals surface area contributed by atoms with E-state index in [1.165, 1.54) is 51.4 Å². The number of hydrogen-bond acceptors (Lipinski definition) is 1. The molecule has 0 radical (unpaired) electrons. The van der Waals surface area contributed by atoms with Crippen LogP contribution in [-0.2, 0) is 0 Å².